The molecule has 1 aliphatic heterocycles. The van der Waals surface area contributed by atoms with Crippen molar-refractivity contribution in [3.05, 3.63) is 57.6 Å². The zero-order valence-corrected chi connectivity index (χ0v) is 18.2. The van der Waals surface area contributed by atoms with Gasteiger partial charge in [-0.25, -0.2) is 0 Å². The van der Waals surface area contributed by atoms with Gasteiger partial charge in [-0.3, -0.25) is 9.69 Å². The van der Waals surface area contributed by atoms with Crippen molar-refractivity contribution in [3.63, 3.8) is 0 Å². The van der Waals surface area contributed by atoms with Crippen LogP contribution in [0.5, 0.6) is 11.5 Å². The van der Waals surface area contributed by atoms with E-state index in [1.807, 2.05) is 36.4 Å². The van der Waals surface area contributed by atoms with Gasteiger partial charge >= 0.3 is 0 Å². The summed E-state index contributed by atoms with van der Waals surface area (Å²) in [4.78, 5) is 14.9. The number of likely N-dealkylation sites (tertiary alicyclic amines) is 1. The number of methoxy groups -OCH3 is 2. The number of benzene rings is 2. The summed E-state index contributed by atoms with van der Waals surface area (Å²) in [7, 11) is 3.21. The van der Waals surface area contributed by atoms with Crippen LogP contribution in [0.4, 0.5) is 0 Å². The highest BCUT2D eigenvalue weighted by molar-refractivity contribution is 6.42. The number of carbonyl (C=O) groups excluding carboxylic acids is 1. The Labute approximate surface area is 181 Å². The molecule has 0 bridgehead atoms. The highest BCUT2D eigenvalue weighted by Gasteiger charge is 2.25. The van der Waals surface area contributed by atoms with Crippen LogP contribution in [0.15, 0.2) is 36.4 Å². The van der Waals surface area contributed by atoms with Gasteiger partial charge in [0.25, 0.3) is 0 Å². The molecule has 1 aliphatic rings. The first-order valence-corrected chi connectivity index (χ1v) is 10.4. The number of rotatable bonds is 7. The predicted molar refractivity (Wildman–Crippen MR) is 116 cm³/mol. The van der Waals surface area contributed by atoms with Crippen molar-refractivity contribution in [1.82, 2.24) is 10.2 Å². The number of carbonyl (C=O) groups is 1. The molecule has 1 heterocycles. The van der Waals surface area contributed by atoms with Crippen molar-refractivity contribution in [2.75, 3.05) is 27.3 Å². The number of hydrogen-bond acceptors (Lipinski definition) is 4. The molecule has 2 aromatic rings. The molecule has 7 heteroatoms. The molecule has 29 heavy (non-hydrogen) atoms. The SMILES string of the molecule is COc1ccc(CNC(=O)C2CCN(Cc3ccc(Cl)c(Cl)c3)CC2)cc1OC. The number of hydrogen-bond donors (Lipinski definition) is 1. The molecule has 1 amide bonds. The van der Waals surface area contributed by atoms with Crippen molar-refractivity contribution >= 4 is 29.1 Å². The second-order valence-electron chi connectivity index (χ2n) is 7.21. The fourth-order valence-electron chi connectivity index (χ4n) is 3.57. The summed E-state index contributed by atoms with van der Waals surface area (Å²) in [6.45, 7) is 3.06. The quantitative estimate of drug-likeness (QED) is 0.691. The summed E-state index contributed by atoms with van der Waals surface area (Å²) in [5.74, 6) is 1.49. The molecule has 1 fully saturated rings. The smallest absolute Gasteiger partial charge is 0.223 e. The van der Waals surface area contributed by atoms with Crippen LogP contribution in [-0.4, -0.2) is 38.1 Å². The Hall–Kier alpha value is -1.95. The standard InChI is InChI=1S/C22H26Cl2N2O3/c1-28-20-6-4-15(12-21(20)29-2)13-25-22(27)17-7-9-26(10-8-17)14-16-3-5-18(23)19(24)11-16/h3-6,11-12,17H,7-10,13-14H2,1-2H3,(H,25,27). The van der Waals surface area contributed by atoms with Crippen molar-refractivity contribution in [2.24, 2.45) is 5.92 Å². The van der Waals surface area contributed by atoms with E-state index >= 15 is 0 Å². The second kappa shape index (κ2) is 10.2. The normalized spacial score (nSPS) is 15.2. The first-order chi connectivity index (χ1) is 14.0. The van der Waals surface area contributed by atoms with E-state index in [-0.39, 0.29) is 11.8 Å². The minimum atomic E-state index is 0.0419. The van der Waals surface area contributed by atoms with E-state index < -0.39 is 0 Å². The number of nitrogens with one attached hydrogen (secondary N) is 1. The number of nitrogens with zero attached hydrogens (tertiary/aromatic N) is 1. The molecule has 0 spiro atoms. The average Bonchev–Trinajstić information content (AvgIpc) is 2.75. The van der Waals surface area contributed by atoms with Crippen molar-refractivity contribution in [3.8, 4) is 11.5 Å². The van der Waals surface area contributed by atoms with Gasteiger partial charge in [0.2, 0.25) is 5.91 Å². The molecule has 0 radical (unpaired) electrons. The van der Waals surface area contributed by atoms with Crippen molar-refractivity contribution in [2.45, 2.75) is 25.9 Å². The average molecular weight is 437 g/mol. The Bertz CT molecular complexity index is 852. The van der Waals surface area contributed by atoms with Crippen molar-refractivity contribution in [1.29, 1.82) is 0 Å². The van der Waals surface area contributed by atoms with Crippen LogP contribution < -0.4 is 14.8 Å². The summed E-state index contributed by atoms with van der Waals surface area (Å²) >= 11 is 12.1. The summed E-state index contributed by atoms with van der Waals surface area (Å²) in [5.41, 5.74) is 2.11. The molecule has 3 rings (SSSR count). The lowest BCUT2D eigenvalue weighted by Crippen LogP contribution is -2.40. The highest BCUT2D eigenvalue weighted by atomic mass is 35.5. The van der Waals surface area contributed by atoms with Gasteiger partial charge in [-0.05, 0) is 61.3 Å². The van der Waals surface area contributed by atoms with Gasteiger partial charge in [0.1, 0.15) is 0 Å². The summed E-state index contributed by atoms with van der Waals surface area (Å²) < 4.78 is 10.6. The minimum absolute atomic E-state index is 0.0419. The Balaban J connectivity index is 1.47. The zero-order chi connectivity index (χ0) is 20.8. The third-order valence-electron chi connectivity index (χ3n) is 5.26. The van der Waals surface area contributed by atoms with E-state index in [1.54, 1.807) is 14.2 Å². The minimum Gasteiger partial charge on any atom is -0.493 e. The number of piperidine rings is 1. The fraction of sp³-hybridized carbons (Fsp3) is 0.409. The summed E-state index contributed by atoms with van der Waals surface area (Å²) in [6.07, 6.45) is 1.69. The lowest BCUT2D eigenvalue weighted by atomic mass is 9.95. The molecule has 0 atom stereocenters. The first kappa shape index (κ1) is 21.8. The van der Waals surface area contributed by atoms with Gasteiger partial charge in [0, 0.05) is 19.0 Å². The molecule has 2 aromatic carbocycles. The topological polar surface area (TPSA) is 50.8 Å². The Kier molecular flexibility index (Phi) is 7.64. The molecule has 156 valence electrons. The Morgan fingerprint density at radius 2 is 1.69 bits per heavy atom. The lowest BCUT2D eigenvalue weighted by Gasteiger charge is -2.31. The molecular weight excluding hydrogens is 411 g/mol. The van der Waals surface area contributed by atoms with Crippen LogP contribution in [-0.2, 0) is 17.9 Å². The molecule has 0 aliphatic carbocycles. The van der Waals surface area contributed by atoms with Crippen LogP contribution >= 0.6 is 23.2 Å². The van der Waals surface area contributed by atoms with E-state index in [4.69, 9.17) is 32.7 Å². The monoisotopic (exact) mass is 436 g/mol. The molecular formula is C22H26Cl2N2O3. The van der Waals surface area contributed by atoms with Gasteiger partial charge in [-0.15, -0.1) is 0 Å². The van der Waals surface area contributed by atoms with Crippen LogP contribution in [0.3, 0.4) is 0 Å². The number of halogens is 2. The van der Waals surface area contributed by atoms with Crippen LogP contribution in [0, 0.1) is 5.92 Å². The molecule has 1 saturated heterocycles. The second-order valence-corrected chi connectivity index (χ2v) is 8.02. The van der Waals surface area contributed by atoms with E-state index in [0.717, 1.165) is 43.6 Å². The number of amides is 1. The third kappa shape index (κ3) is 5.78. The highest BCUT2D eigenvalue weighted by Crippen LogP contribution is 2.28. The molecule has 5 nitrogen and oxygen atoms in total. The largest absolute Gasteiger partial charge is 0.493 e. The Morgan fingerprint density at radius 3 is 2.34 bits per heavy atom. The van der Waals surface area contributed by atoms with Gasteiger partial charge in [0.15, 0.2) is 11.5 Å². The third-order valence-corrected chi connectivity index (χ3v) is 6.00. The fourth-order valence-corrected chi connectivity index (χ4v) is 3.89. The zero-order valence-electron chi connectivity index (χ0n) is 16.7. The first-order valence-electron chi connectivity index (χ1n) is 9.65. The van der Waals surface area contributed by atoms with Gasteiger partial charge in [0.05, 0.1) is 24.3 Å². The van der Waals surface area contributed by atoms with E-state index in [9.17, 15) is 4.79 Å². The number of ether oxygens (including phenoxy) is 2. The summed E-state index contributed by atoms with van der Waals surface area (Å²) in [6, 6.07) is 11.4. The predicted octanol–water partition coefficient (Wildman–Crippen LogP) is 4.54. The van der Waals surface area contributed by atoms with Crippen LogP contribution in [0.25, 0.3) is 0 Å². The van der Waals surface area contributed by atoms with Gasteiger partial charge < -0.3 is 14.8 Å². The lowest BCUT2D eigenvalue weighted by molar-refractivity contribution is -0.126. The molecule has 0 aromatic heterocycles. The summed E-state index contributed by atoms with van der Waals surface area (Å²) in [5, 5.41) is 4.20. The van der Waals surface area contributed by atoms with E-state index in [1.165, 1.54) is 0 Å². The van der Waals surface area contributed by atoms with E-state index in [2.05, 4.69) is 10.2 Å². The van der Waals surface area contributed by atoms with Gasteiger partial charge in [-0.1, -0.05) is 35.3 Å². The maximum absolute atomic E-state index is 12.6. The Morgan fingerprint density at radius 1 is 1.00 bits per heavy atom. The van der Waals surface area contributed by atoms with Crippen LogP contribution in [0.2, 0.25) is 10.0 Å². The van der Waals surface area contributed by atoms with E-state index in [0.29, 0.717) is 28.1 Å². The van der Waals surface area contributed by atoms with Crippen molar-refractivity contribution < 1.29 is 14.3 Å². The molecule has 0 saturated carbocycles. The maximum Gasteiger partial charge on any atom is 0.223 e. The maximum atomic E-state index is 12.6. The molecule has 0 unspecified atom stereocenters. The molecule has 1 N–H and O–H groups in total. The van der Waals surface area contributed by atoms with Gasteiger partial charge in [-0.2, -0.15) is 0 Å². The van der Waals surface area contributed by atoms with Crippen LogP contribution in [0.1, 0.15) is 24.0 Å².